The molecule has 0 saturated heterocycles. The summed E-state index contributed by atoms with van der Waals surface area (Å²) in [7, 11) is 0. The molecule has 1 aromatic carbocycles. The summed E-state index contributed by atoms with van der Waals surface area (Å²) in [5.41, 5.74) is -1.05. The average molecular weight is 227 g/mol. The number of non-ortho nitro benzene ring substituents is 1. The average Bonchev–Trinajstić information content (AvgIpc) is 2.16. The summed E-state index contributed by atoms with van der Waals surface area (Å²) in [5.74, 6) is -3.40. The molecule has 0 aliphatic heterocycles. The number of nitrogens with zero attached hydrogens (tertiary/aromatic N) is 1. The third-order valence-corrected chi connectivity index (χ3v) is 1.77. The number of Topliss-reactive ketones (excluding diaryl/α,β-unsaturated/α-hetero) is 1. The molecule has 0 aliphatic carbocycles. The van der Waals surface area contributed by atoms with Gasteiger partial charge in [-0.25, -0.2) is 4.39 Å². The predicted octanol–water partition coefficient (Wildman–Crippen LogP) is 1.39. The highest BCUT2D eigenvalue weighted by Crippen LogP contribution is 2.18. The van der Waals surface area contributed by atoms with E-state index in [1.807, 2.05) is 0 Å². The molecule has 0 unspecified atom stereocenters. The normalized spacial score (nSPS) is 9.81. The first-order valence-electron chi connectivity index (χ1n) is 4.10. The van der Waals surface area contributed by atoms with E-state index in [4.69, 9.17) is 5.11 Å². The molecule has 0 heterocycles. The van der Waals surface area contributed by atoms with E-state index in [-0.39, 0.29) is 0 Å². The number of rotatable bonds is 4. The van der Waals surface area contributed by atoms with Crippen molar-refractivity contribution in [3.63, 3.8) is 0 Å². The topological polar surface area (TPSA) is 97.5 Å². The van der Waals surface area contributed by atoms with Gasteiger partial charge in [0.25, 0.3) is 5.69 Å². The van der Waals surface area contributed by atoms with Crippen molar-refractivity contribution >= 4 is 17.4 Å². The van der Waals surface area contributed by atoms with E-state index in [0.29, 0.717) is 0 Å². The molecular formula is C9H6FNO5. The van der Waals surface area contributed by atoms with Crippen LogP contribution >= 0.6 is 0 Å². The predicted molar refractivity (Wildman–Crippen MR) is 49.6 cm³/mol. The second kappa shape index (κ2) is 4.47. The first-order valence-corrected chi connectivity index (χ1v) is 4.10. The second-order valence-electron chi connectivity index (χ2n) is 2.91. The Bertz CT molecular complexity index is 471. The number of carboxylic acids is 1. The Morgan fingerprint density at radius 1 is 1.44 bits per heavy atom. The Morgan fingerprint density at radius 3 is 2.56 bits per heavy atom. The van der Waals surface area contributed by atoms with Crippen molar-refractivity contribution in [3.8, 4) is 0 Å². The fourth-order valence-electron chi connectivity index (χ4n) is 1.07. The lowest BCUT2D eigenvalue weighted by molar-refractivity contribution is -0.384. The molecule has 6 nitrogen and oxygen atoms in total. The number of nitro groups is 1. The first kappa shape index (κ1) is 11.8. The largest absolute Gasteiger partial charge is 0.481 e. The maximum Gasteiger partial charge on any atom is 0.311 e. The zero-order valence-corrected chi connectivity index (χ0v) is 7.84. The molecule has 1 aromatic rings. The highest BCUT2D eigenvalue weighted by molar-refractivity contribution is 6.05. The van der Waals surface area contributed by atoms with Gasteiger partial charge in [-0.05, 0) is 6.07 Å². The van der Waals surface area contributed by atoms with E-state index >= 15 is 0 Å². The SMILES string of the molecule is O=C(O)CC(=O)c1cc([N+](=O)[O-])ccc1F. The van der Waals surface area contributed by atoms with Gasteiger partial charge in [-0.2, -0.15) is 0 Å². The van der Waals surface area contributed by atoms with Crippen LogP contribution in [0.3, 0.4) is 0 Å². The Kier molecular flexibility index (Phi) is 3.29. The molecule has 0 aromatic heterocycles. The molecular weight excluding hydrogens is 221 g/mol. The van der Waals surface area contributed by atoms with Crippen LogP contribution in [-0.4, -0.2) is 21.8 Å². The maximum absolute atomic E-state index is 13.1. The number of carboxylic acid groups (broad SMARTS) is 1. The summed E-state index contributed by atoms with van der Waals surface area (Å²) >= 11 is 0. The van der Waals surface area contributed by atoms with Crippen LogP contribution in [0.5, 0.6) is 0 Å². The van der Waals surface area contributed by atoms with Crippen LogP contribution in [0.1, 0.15) is 16.8 Å². The van der Waals surface area contributed by atoms with Crippen LogP contribution < -0.4 is 0 Å². The number of nitro benzene ring substituents is 1. The summed E-state index contributed by atoms with van der Waals surface area (Å²) in [6, 6.07) is 2.38. The summed E-state index contributed by atoms with van der Waals surface area (Å²) < 4.78 is 13.1. The smallest absolute Gasteiger partial charge is 0.311 e. The van der Waals surface area contributed by atoms with Gasteiger partial charge in [-0.3, -0.25) is 19.7 Å². The van der Waals surface area contributed by atoms with Crippen molar-refractivity contribution in [3.05, 3.63) is 39.7 Å². The number of carbonyl (C=O) groups is 2. The van der Waals surface area contributed by atoms with Crippen molar-refractivity contribution in [2.24, 2.45) is 0 Å². The second-order valence-corrected chi connectivity index (χ2v) is 2.91. The van der Waals surface area contributed by atoms with Gasteiger partial charge < -0.3 is 5.11 Å². The van der Waals surface area contributed by atoms with Gasteiger partial charge in [0.2, 0.25) is 0 Å². The number of aliphatic carboxylic acids is 1. The molecule has 0 fully saturated rings. The fraction of sp³-hybridized carbons (Fsp3) is 0.111. The molecule has 0 aliphatic rings. The number of benzene rings is 1. The van der Waals surface area contributed by atoms with Crippen molar-refractivity contribution < 1.29 is 24.0 Å². The minimum atomic E-state index is -1.42. The Morgan fingerprint density at radius 2 is 2.06 bits per heavy atom. The number of ketones is 1. The Balaban J connectivity index is 3.11. The van der Waals surface area contributed by atoms with Gasteiger partial charge in [-0.1, -0.05) is 0 Å². The lowest BCUT2D eigenvalue weighted by atomic mass is 10.1. The molecule has 1 N–H and O–H groups in total. The molecule has 0 atom stereocenters. The minimum absolute atomic E-state index is 0.463. The molecule has 1 rings (SSSR count). The minimum Gasteiger partial charge on any atom is -0.481 e. The standard InChI is InChI=1S/C9H6FNO5/c10-7-2-1-5(11(15)16)3-6(7)8(12)4-9(13)14/h1-3H,4H2,(H,13,14). The summed E-state index contributed by atoms with van der Waals surface area (Å²) in [5, 5.41) is 18.7. The summed E-state index contributed by atoms with van der Waals surface area (Å²) in [6.07, 6.45) is -0.905. The van der Waals surface area contributed by atoms with Crippen molar-refractivity contribution in [1.82, 2.24) is 0 Å². The van der Waals surface area contributed by atoms with Gasteiger partial charge >= 0.3 is 5.97 Å². The highest BCUT2D eigenvalue weighted by atomic mass is 19.1. The Hall–Kier alpha value is -2.31. The Labute approximate surface area is 88.5 Å². The lowest BCUT2D eigenvalue weighted by Crippen LogP contribution is -2.09. The molecule has 7 heteroatoms. The first-order chi connectivity index (χ1) is 7.41. The van der Waals surface area contributed by atoms with Crippen LogP contribution in [0.4, 0.5) is 10.1 Å². The van der Waals surface area contributed by atoms with Crippen LogP contribution in [0.15, 0.2) is 18.2 Å². The van der Waals surface area contributed by atoms with Gasteiger partial charge in [0.05, 0.1) is 10.5 Å². The van der Waals surface area contributed by atoms with Crippen molar-refractivity contribution in [2.45, 2.75) is 6.42 Å². The fourth-order valence-corrected chi connectivity index (χ4v) is 1.07. The molecule has 16 heavy (non-hydrogen) atoms. The molecule has 0 saturated carbocycles. The highest BCUT2D eigenvalue weighted by Gasteiger charge is 2.18. The molecule has 0 amide bonds. The number of carbonyl (C=O) groups excluding carboxylic acids is 1. The monoisotopic (exact) mass is 227 g/mol. The number of hydrogen-bond donors (Lipinski definition) is 1. The van der Waals surface area contributed by atoms with Crippen LogP contribution in [-0.2, 0) is 4.79 Å². The molecule has 0 spiro atoms. The van der Waals surface area contributed by atoms with E-state index in [0.717, 1.165) is 18.2 Å². The van der Waals surface area contributed by atoms with E-state index in [1.165, 1.54) is 0 Å². The van der Waals surface area contributed by atoms with Gasteiger partial charge in [-0.15, -0.1) is 0 Å². The molecule has 0 bridgehead atoms. The van der Waals surface area contributed by atoms with Crippen LogP contribution in [0.2, 0.25) is 0 Å². The summed E-state index contributed by atoms with van der Waals surface area (Å²) in [6.45, 7) is 0. The third kappa shape index (κ3) is 2.59. The van der Waals surface area contributed by atoms with Gasteiger partial charge in [0.1, 0.15) is 12.2 Å². The van der Waals surface area contributed by atoms with Crippen molar-refractivity contribution in [2.75, 3.05) is 0 Å². The summed E-state index contributed by atoms with van der Waals surface area (Å²) in [4.78, 5) is 31.0. The number of halogens is 1. The molecule has 84 valence electrons. The van der Waals surface area contributed by atoms with E-state index in [1.54, 1.807) is 0 Å². The zero-order valence-electron chi connectivity index (χ0n) is 7.84. The number of hydrogen-bond acceptors (Lipinski definition) is 4. The van der Waals surface area contributed by atoms with E-state index in [9.17, 15) is 24.1 Å². The van der Waals surface area contributed by atoms with Crippen LogP contribution in [0.25, 0.3) is 0 Å². The van der Waals surface area contributed by atoms with Crippen molar-refractivity contribution in [1.29, 1.82) is 0 Å². The van der Waals surface area contributed by atoms with Gasteiger partial charge in [0.15, 0.2) is 5.78 Å². The zero-order chi connectivity index (χ0) is 12.3. The van der Waals surface area contributed by atoms with Crippen LogP contribution in [0, 0.1) is 15.9 Å². The maximum atomic E-state index is 13.1. The lowest BCUT2D eigenvalue weighted by Gasteiger charge is -2.00. The van der Waals surface area contributed by atoms with E-state index < -0.39 is 40.2 Å². The van der Waals surface area contributed by atoms with E-state index in [2.05, 4.69) is 0 Å². The quantitative estimate of drug-likeness (QED) is 0.362. The molecule has 0 radical (unpaired) electrons. The third-order valence-electron chi connectivity index (χ3n) is 1.77. The van der Waals surface area contributed by atoms with Gasteiger partial charge in [0, 0.05) is 12.1 Å².